The SMILES string of the molecule is CC(=NS(=O)C(C)(C)C)c1ccc(C(F)(F)F)c(OCC2CC2)c1. The third kappa shape index (κ3) is 5.06. The van der Waals surface area contributed by atoms with E-state index in [-0.39, 0.29) is 12.4 Å². The van der Waals surface area contributed by atoms with Crippen molar-refractivity contribution in [2.45, 2.75) is 51.5 Å². The van der Waals surface area contributed by atoms with E-state index in [2.05, 4.69) is 4.40 Å². The van der Waals surface area contributed by atoms with Gasteiger partial charge in [0.05, 0.1) is 22.6 Å². The zero-order chi connectivity index (χ0) is 18.1. The number of rotatable bonds is 5. The van der Waals surface area contributed by atoms with Crippen LogP contribution in [0.4, 0.5) is 13.2 Å². The predicted octanol–water partition coefficient (Wildman–Crippen LogP) is 4.77. The Bertz CT molecular complexity index is 659. The number of ether oxygens (including phenoxy) is 1. The minimum Gasteiger partial charge on any atom is -0.493 e. The highest BCUT2D eigenvalue weighted by Crippen LogP contribution is 2.38. The summed E-state index contributed by atoms with van der Waals surface area (Å²) in [5.41, 5.74) is 0.108. The molecule has 1 atom stereocenters. The maximum absolute atomic E-state index is 13.1. The van der Waals surface area contributed by atoms with E-state index in [9.17, 15) is 17.4 Å². The summed E-state index contributed by atoms with van der Waals surface area (Å²) in [5, 5.41) is 0. The minimum atomic E-state index is -4.48. The Morgan fingerprint density at radius 1 is 1.29 bits per heavy atom. The zero-order valence-electron chi connectivity index (χ0n) is 14.2. The third-order valence-electron chi connectivity index (χ3n) is 3.62. The van der Waals surface area contributed by atoms with Gasteiger partial charge in [-0.25, -0.2) is 4.21 Å². The first-order valence-electron chi connectivity index (χ1n) is 7.80. The van der Waals surface area contributed by atoms with Gasteiger partial charge in [-0.2, -0.15) is 17.6 Å². The van der Waals surface area contributed by atoms with Crippen molar-refractivity contribution >= 4 is 16.7 Å². The Hall–Kier alpha value is -1.37. The van der Waals surface area contributed by atoms with Crippen molar-refractivity contribution in [2.75, 3.05) is 6.61 Å². The minimum absolute atomic E-state index is 0.192. The lowest BCUT2D eigenvalue weighted by atomic mass is 10.1. The van der Waals surface area contributed by atoms with Crippen molar-refractivity contribution in [3.05, 3.63) is 29.3 Å². The molecule has 1 aromatic rings. The summed E-state index contributed by atoms with van der Waals surface area (Å²) >= 11 is 0. The van der Waals surface area contributed by atoms with Gasteiger partial charge in [0, 0.05) is 5.56 Å². The summed E-state index contributed by atoms with van der Waals surface area (Å²) in [6.07, 6.45) is -2.49. The fourth-order valence-electron chi connectivity index (χ4n) is 1.91. The Morgan fingerprint density at radius 2 is 1.92 bits per heavy atom. The normalized spacial score (nSPS) is 17.7. The number of nitrogens with zero attached hydrogens (tertiary/aromatic N) is 1. The van der Waals surface area contributed by atoms with Crippen molar-refractivity contribution in [2.24, 2.45) is 10.3 Å². The molecule has 1 unspecified atom stereocenters. The van der Waals surface area contributed by atoms with Gasteiger partial charge >= 0.3 is 6.18 Å². The fourth-order valence-corrected chi connectivity index (χ4v) is 2.54. The molecule has 7 heteroatoms. The van der Waals surface area contributed by atoms with Gasteiger partial charge in [0.1, 0.15) is 16.7 Å². The van der Waals surface area contributed by atoms with Crippen LogP contribution in [0.15, 0.2) is 22.6 Å². The van der Waals surface area contributed by atoms with Gasteiger partial charge < -0.3 is 4.74 Å². The Morgan fingerprint density at radius 3 is 2.42 bits per heavy atom. The molecular weight excluding hydrogens is 339 g/mol. The van der Waals surface area contributed by atoms with Crippen molar-refractivity contribution in [3.63, 3.8) is 0 Å². The molecule has 3 nitrogen and oxygen atoms in total. The maximum Gasteiger partial charge on any atom is 0.419 e. The highest BCUT2D eigenvalue weighted by molar-refractivity contribution is 7.85. The second-order valence-electron chi connectivity index (χ2n) is 7.00. The molecular formula is C17H22F3NO2S. The topological polar surface area (TPSA) is 38.7 Å². The molecule has 0 amide bonds. The Balaban J connectivity index is 2.32. The van der Waals surface area contributed by atoms with Crippen LogP contribution in [0.25, 0.3) is 0 Å². The number of benzene rings is 1. The Labute approximate surface area is 142 Å². The molecule has 1 aliphatic carbocycles. The first-order chi connectivity index (χ1) is 11.0. The van der Waals surface area contributed by atoms with Gasteiger partial charge in [-0.15, -0.1) is 0 Å². The van der Waals surface area contributed by atoms with Gasteiger partial charge in [-0.1, -0.05) is 6.07 Å². The number of halogens is 3. The van der Waals surface area contributed by atoms with Gasteiger partial charge in [-0.3, -0.25) is 0 Å². The van der Waals surface area contributed by atoms with E-state index in [1.807, 2.05) is 0 Å². The van der Waals surface area contributed by atoms with E-state index in [1.54, 1.807) is 27.7 Å². The summed E-state index contributed by atoms with van der Waals surface area (Å²) in [5.74, 6) is 0.154. The van der Waals surface area contributed by atoms with Crippen LogP contribution in [-0.4, -0.2) is 21.3 Å². The fraction of sp³-hybridized carbons (Fsp3) is 0.588. The first kappa shape index (κ1) is 19.0. The van der Waals surface area contributed by atoms with Crippen LogP contribution in [-0.2, 0) is 17.2 Å². The molecule has 134 valence electrons. The van der Waals surface area contributed by atoms with E-state index in [0.717, 1.165) is 18.9 Å². The van der Waals surface area contributed by atoms with Gasteiger partial charge in [0.2, 0.25) is 0 Å². The third-order valence-corrected chi connectivity index (χ3v) is 5.11. The molecule has 1 fully saturated rings. The molecule has 0 radical (unpaired) electrons. The van der Waals surface area contributed by atoms with Crippen LogP contribution >= 0.6 is 0 Å². The average molecular weight is 361 g/mol. The Kier molecular flexibility index (Phi) is 5.42. The van der Waals surface area contributed by atoms with Crippen LogP contribution in [0.3, 0.4) is 0 Å². The van der Waals surface area contributed by atoms with E-state index in [4.69, 9.17) is 4.74 Å². The smallest absolute Gasteiger partial charge is 0.419 e. The van der Waals surface area contributed by atoms with E-state index < -0.39 is 27.5 Å². The number of alkyl halides is 3. The van der Waals surface area contributed by atoms with Crippen LogP contribution in [0.5, 0.6) is 5.75 Å². The first-order valence-corrected chi connectivity index (χ1v) is 8.91. The standard InChI is InChI=1S/C17H22F3NO2S/c1-11(21-24(22)16(2,3)4)13-7-8-14(17(18,19)20)15(9-13)23-10-12-5-6-12/h7-9,12H,5-6,10H2,1-4H3. The average Bonchev–Trinajstić information content (AvgIpc) is 3.26. The lowest BCUT2D eigenvalue weighted by molar-refractivity contribution is -0.139. The van der Waals surface area contributed by atoms with Crippen LogP contribution < -0.4 is 4.74 Å². The quantitative estimate of drug-likeness (QED) is 0.709. The lowest BCUT2D eigenvalue weighted by Gasteiger charge is -2.16. The molecule has 0 aromatic heterocycles. The summed E-state index contributed by atoms with van der Waals surface area (Å²) in [6, 6.07) is 3.67. The monoisotopic (exact) mass is 361 g/mol. The van der Waals surface area contributed by atoms with Gasteiger partial charge in [0.25, 0.3) is 0 Å². The lowest BCUT2D eigenvalue weighted by Crippen LogP contribution is -2.20. The largest absolute Gasteiger partial charge is 0.493 e. The van der Waals surface area contributed by atoms with Crippen molar-refractivity contribution in [1.82, 2.24) is 0 Å². The van der Waals surface area contributed by atoms with Crippen LogP contribution in [0.2, 0.25) is 0 Å². The molecule has 24 heavy (non-hydrogen) atoms. The molecule has 0 heterocycles. The molecule has 0 aliphatic heterocycles. The zero-order valence-corrected chi connectivity index (χ0v) is 15.1. The molecule has 1 aliphatic rings. The second-order valence-corrected chi connectivity index (χ2v) is 8.91. The van der Waals surface area contributed by atoms with Crippen LogP contribution in [0.1, 0.15) is 51.7 Å². The molecule has 1 aromatic carbocycles. The predicted molar refractivity (Wildman–Crippen MR) is 89.8 cm³/mol. The van der Waals surface area contributed by atoms with Gasteiger partial charge in [0.15, 0.2) is 0 Å². The number of hydrogen-bond acceptors (Lipinski definition) is 2. The summed E-state index contributed by atoms with van der Waals surface area (Å²) < 4.78 is 60.5. The summed E-state index contributed by atoms with van der Waals surface area (Å²) in [4.78, 5) is 0. The molecule has 0 N–H and O–H groups in total. The molecule has 0 spiro atoms. The molecule has 1 saturated carbocycles. The van der Waals surface area contributed by atoms with Crippen molar-refractivity contribution in [1.29, 1.82) is 0 Å². The van der Waals surface area contributed by atoms with E-state index in [1.165, 1.54) is 12.1 Å². The molecule has 0 saturated heterocycles. The van der Waals surface area contributed by atoms with Crippen molar-refractivity contribution < 1.29 is 22.1 Å². The maximum atomic E-state index is 13.1. The second kappa shape index (κ2) is 6.86. The molecule has 2 rings (SSSR count). The highest BCUT2D eigenvalue weighted by Gasteiger charge is 2.35. The van der Waals surface area contributed by atoms with E-state index in [0.29, 0.717) is 17.2 Å². The van der Waals surface area contributed by atoms with Crippen LogP contribution in [0, 0.1) is 5.92 Å². The number of hydrogen-bond donors (Lipinski definition) is 0. The van der Waals surface area contributed by atoms with Crippen molar-refractivity contribution in [3.8, 4) is 5.75 Å². The molecule has 0 bridgehead atoms. The van der Waals surface area contributed by atoms with Gasteiger partial charge in [-0.05, 0) is 58.6 Å². The van der Waals surface area contributed by atoms with E-state index >= 15 is 0 Å². The summed E-state index contributed by atoms with van der Waals surface area (Å²) in [6.45, 7) is 7.29. The highest BCUT2D eigenvalue weighted by atomic mass is 32.2. The summed E-state index contributed by atoms with van der Waals surface area (Å²) in [7, 11) is -1.47.